The van der Waals surface area contributed by atoms with Gasteiger partial charge in [-0.1, -0.05) is 319 Å². The second kappa shape index (κ2) is 63.5. The zero-order chi connectivity index (χ0) is 68.9. The normalized spacial score (nSPS) is 14.2. The first kappa shape index (κ1) is 91.1. The molecule has 0 saturated heterocycles. The van der Waals surface area contributed by atoms with Crippen LogP contribution in [0.4, 0.5) is 0 Å². The highest BCUT2D eigenvalue weighted by atomic mass is 31.2. The molecule has 0 aliphatic carbocycles. The predicted molar refractivity (Wildman–Crippen MR) is 377 cm³/mol. The number of phosphoric acid groups is 2. The molecular formula is C74H144O17P2. The third-order valence-electron chi connectivity index (χ3n) is 17.1. The summed E-state index contributed by atoms with van der Waals surface area (Å²) in [5, 5.41) is 10.6. The van der Waals surface area contributed by atoms with Gasteiger partial charge in [-0.2, -0.15) is 0 Å². The maximum Gasteiger partial charge on any atom is 0.472 e. The summed E-state index contributed by atoms with van der Waals surface area (Å²) in [6.45, 7) is 14.1. The van der Waals surface area contributed by atoms with E-state index in [1.54, 1.807) is 0 Å². The fraction of sp³-hybridized carbons (Fsp3) is 0.946. The number of aliphatic hydroxyl groups is 1. The zero-order valence-corrected chi connectivity index (χ0v) is 62.7. The number of carbonyl (C=O) groups is 4. The van der Waals surface area contributed by atoms with Crippen LogP contribution >= 0.6 is 15.6 Å². The minimum Gasteiger partial charge on any atom is -0.462 e. The molecule has 3 unspecified atom stereocenters. The van der Waals surface area contributed by atoms with Crippen LogP contribution < -0.4 is 0 Å². The molecule has 0 bridgehead atoms. The minimum atomic E-state index is -4.96. The second-order valence-corrected chi connectivity index (χ2v) is 31.5. The molecular weight excluding hydrogens is 1220 g/mol. The number of carbonyl (C=O) groups excluding carboxylic acids is 4. The summed E-state index contributed by atoms with van der Waals surface area (Å²) in [5.41, 5.74) is 0. The summed E-state index contributed by atoms with van der Waals surface area (Å²) in [6.07, 6.45) is 47.4. The topological polar surface area (TPSA) is 237 Å². The molecule has 0 aromatic rings. The molecule has 0 aromatic heterocycles. The molecule has 3 N–H and O–H groups in total. The third kappa shape index (κ3) is 68.4. The number of phosphoric ester groups is 2. The van der Waals surface area contributed by atoms with Crippen LogP contribution in [0, 0.1) is 23.7 Å². The number of esters is 4. The average molecular weight is 1370 g/mol. The van der Waals surface area contributed by atoms with Gasteiger partial charge in [0.25, 0.3) is 0 Å². The number of aliphatic hydroxyl groups excluding tert-OH is 1. The van der Waals surface area contributed by atoms with Gasteiger partial charge in [0.15, 0.2) is 12.2 Å². The van der Waals surface area contributed by atoms with Gasteiger partial charge in [-0.15, -0.1) is 0 Å². The first-order chi connectivity index (χ1) is 44.6. The number of hydrogen-bond acceptors (Lipinski definition) is 15. The fourth-order valence-electron chi connectivity index (χ4n) is 11.2. The summed E-state index contributed by atoms with van der Waals surface area (Å²) >= 11 is 0. The Labute approximate surface area is 568 Å². The van der Waals surface area contributed by atoms with Crippen LogP contribution in [0.15, 0.2) is 0 Å². The standard InChI is InChI=1S/C74H144O17P2/c1-64(2)50-42-34-26-20-16-12-9-10-14-19-23-31-40-48-56-73(78)90-69(60-84-71(76)54-46-38-30-22-18-15-11-13-17-21-27-35-43-51-65(3)4)62-88-92(80,81)86-58-68(75)59-87-93(82,83)89-63-70(91-74(79)57-49-41-33-25-29-37-45-53-67(7)8)61-85-72(77)55-47-39-32-24-28-36-44-52-66(5)6/h64-70,75H,9-63H2,1-8H3,(H,80,81)(H,82,83)/t68?,69-,70-/m1/s1. The molecule has 0 amide bonds. The van der Waals surface area contributed by atoms with Crippen molar-refractivity contribution < 1.29 is 80.2 Å². The molecule has 0 saturated carbocycles. The lowest BCUT2D eigenvalue weighted by Crippen LogP contribution is -2.30. The van der Waals surface area contributed by atoms with Gasteiger partial charge < -0.3 is 33.8 Å². The number of rotatable bonds is 71. The van der Waals surface area contributed by atoms with Crippen LogP contribution in [0.25, 0.3) is 0 Å². The highest BCUT2D eigenvalue weighted by molar-refractivity contribution is 7.47. The Morgan fingerprint density at radius 1 is 0.269 bits per heavy atom. The van der Waals surface area contributed by atoms with E-state index in [1.165, 1.54) is 167 Å². The number of hydrogen-bond donors (Lipinski definition) is 3. The van der Waals surface area contributed by atoms with Gasteiger partial charge in [0.1, 0.15) is 19.3 Å². The van der Waals surface area contributed by atoms with Crippen LogP contribution in [0.5, 0.6) is 0 Å². The summed E-state index contributed by atoms with van der Waals surface area (Å²) < 4.78 is 68.4. The largest absolute Gasteiger partial charge is 0.472 e. The van der Waals surface area contributed by atoms with E-state index in [0.29, 0.717) is 37.5 Å². The van der Waals surface area contributed by atoms with E-state index in [9.17, 15) is 43.2 Å². The summed E-state index contributed by atoms with van der Waals surface area (Å²) in [6, 6.07) is 0. The lowest BCUT2D eigenvalue weighted by Gasteiger charge is -2.21. The van der Waals surface area contributed by atoms with Gasteiger partial charge in [-0.3, -0.25) is 37.3 Å². The molecule has 17 nitrogen and oxygen atoms in total. The Morgan fingerprint density at radius 2 is 0.452 bits per heavy atom. The molecule has 0 heterocycles. The van der Waals surface area contributed by atoms with Crippen LogP contribution in [-0.4, -0.2) is 96.7 Å². The molecule has 0 fully saturated rings. The van der Waals surface area contributed by atoms with Crippen LogP contribution in [0.3, 0.4) is 0 Å². The van der Waals surface area contributed by atoms with Crippen molar-refractivity contribution in [1.82, 2.24) is 0 Å². The van der Waals surface area contributed by atoms with Gasteiger partial charge in [0.05, 0.1) is 26.4 Å². The molecule has 0 rings (SSSR count). The Bertz CT molecular complexity index is 1830. The molecule has 19 heteroatoms. The van der Waals surface area contributed by atoms with Crippen LogP contribution in [0.1, 0.15) is 370 Å². The Balaban J connectivity index is 5.23. The summed E-state index contributed by atoms with van der Waals surface area (Å²) in [4.78, 5) is 72.7. The van der Waals surface area contributed by atoms with Crippen molar-refractivity contribution in [3.8, 4) is 0 Å². The van der Waals surface area contributed by atoms with E-state index < -0.39 is 97.5 Å². The van der Waals surface area contributed by atoms with E-state index in [2.05, 4.69) is 55.4 Å². The van der Waals surface area contributed by atoms with Crippen molar-refractivity contribution in [1.29, 1.82) is 0 Å². The molecule has 0 spiro atoms. The predicted octanol–water partition coefficient (Wildman–Crippen LogP) is 21.3. The molecule has 552 valence electrons. The first-order valence-electron chi connectivity index (χ1n) is 38.2. The first-order valence-corrected chi connectivity index (χ1v) is 41.2. The van der Waals surface area contributed by atoms with Crippen molar-refractivity contribution in [2.75, 3.05) is 39.6 Å². The van der Waals surface area contributed by atoms with Crippen molar-refractivity contribution in [3.05, 3.63) is 0 Å². The van der Waals surface area contributed by atoms with E-state index in [1.807, 2.05) is 0 Å². The highest BCUT2D eigenvalue weighted by Gasteiger charge is 2.30. The smallest absolute Gasteiger partial charge is 0.462 e. The maximum absolute atomic E-state index is 13.1. The number of unbranched alkanes of at least 4 members (excludes halogenated alkanes) is 37. The van der Waals surface area contributed by atoms with Crippen molar-refractivity contribution >= 4 is 39.5 Å². The SMILES string of the molecule is CC(C)CCCCCCCCCCCCCCCCC(=O)O[C@H](COC(=O)CCCCCCCCCCCCCCCC(C)C)COP(=O)(O)OCC(O)COP(=O)(O)OC[C@@H](COC(=O)CCCCCCCCCC(C)C)OC(=O)CCCCCCCCCC(C)C. The van der Waals surface area contributed by atoms with E-state index >= 15 is 0 Å². The maximum atomic E-state index is 13.1. The highest BCUT2D eigenvalue weighted by Crippen LogP contribution is 2.45. The molecule has 5 atom stereocenters. The van der Waals surface area contributed by atoms with E-state index in [-0.39, 0.29) is 25.7 Å². The minimum absolute atomic E-state index is 0.102. The van der Waals surface area contributed by atoms with Gasteiger partial charge in [0, 0.05) is 25.7 Å². The van der Waals surface area contributed by atoms with Crippen molar-refractivity contribution in [2.24, 2.45) is 23.7 Å². The van der Waals surface area contributed by atoms with Crippen molar-refractivity contribution in [2.45, 2.75) is 388 Å². The molecule has 0 aliphatic heterocycles. The molecule has 0 aromatic carbocycles. The Morgan fingerprint density at radius 3 is 0.667 bits per heavy atom. The monoisotopic (exact) mass is 1370 g/mol. The van der Waals surface area contributed by atoms with Gasteiger partial charge in [-0.05, 0) is 49.4 Å². The van der Waals surface area contributed by atoms with Gasteiger partial charge in [0.2, 0.25) is 0 Å². The molecule has 0 aliphatic rings. The van der Waals surface area contributed by atoms with Gasteiger partial charge in [-0.25, -0.2) is 9.13 Å². The third-order valence-corrected chi connectivity index (χ3v) is 19.0. The average Bonchev–Trinajstić information content (AvgIpc) is 1.67. The zero-order valence-electron chi connectivity index (χ0n) is 60.9. The Kier molecular flexibility index (Phi) is 62.2. The molecule has 0 radical (unpaired) electrons. The summed E-state index contributed by atoms with van der Waals surface area (Å²) in [7, 11) is -9.91. The van der Waals surface area contributed by atoms with Gasteiger partial charge >= 0.3 is 39.5 Å². The second-order valence-electron chi connectivity index (χ2n) is 28.6. The lowest BCUT2D eigenvalue weighted by molar-refractivity contribution is -0.161. The van der Waals surface area contributed by atoms with Crippen LogP contribution in [-0.2, 0) is 65.4 Å². The van der Waals surface area contributed by atoms with E-state index in [4.69, 9.17) is 37.0 Å². The van der Waals surface area contributed by atoms with Crippen LogP contribution in [0.2, 0.25) is 0 Å². The quantitative estimate of drug-likeness (QED) is 0.0222. The molecule has 93 heavy (non-hydrogen) atoms. The lowest BCUT2D eigenvalue weighted by atomic mass is 10.0. The Hall–Kier alpha value is -1.94. The fourth-order valence-corrected chi connectivity index (χ4v) is 12.8. The summed E-state index contributed by atoms with van der Waals surface area (Å²) in [5.74, 6) is 0.861. The number of ether oxygens (including phenoxy) is 4. The van der Waals surface area contributed by atoms with E-state index in [0.717, 1.165) is 108 Å². The van der Waals surface area contributed by atoms with Crippen molar-refractivity contribution in [3.63, 3.8) is 0 Å².